The van der Waals surface area contributed by atoms with E-state index in [1.54, 1.807) is 17.1 Å². The van der Waals surface area contributed by atoms with E-state index in [0.29, 0.717) is 48.2 Å². The Kier molecular flexibility index (Phi) is 5.45. The van der Waals surface area contributed by atoms with Gasteiger partial charge in [0.15, 0.2) is 11.6 Å². The molecule has 10 heteroatoms. The van der Waals surface area contributed by atoms with Gasteiger partial charge in [-0.15, -0.1) is 5.10 Å². The van der Waals surface area contributed by atoms with Crippen molar-refractivity contribution in [3.05, 3.63) is 66.0 Å². The van der Waals surface area contributed by atoms with Gasteiger partial charge in [0.2, 0.25) is 0 Å². The predicted octanol–water partition coefficient (Wildman–Crippen LogP) is 4.25. The minimum absolute atomic E-state index is 0.138. The number of fused-ring (bicyclic) bond motifs is 1. The molecule has 5 heterocycles. The van der Waals surface area contributed by atoms with E-state index in [1.165, 1.54) is 12.1 Å². The number of morpholine rings is 1. The smallest absolute Gasteiger partial charge is 0.175 e. The average molecular weight is 485 g/mol. The van der Waals surface area contributed by atoms with Crippen LogP contribution in [0.15, 0.2) is 48.8 Å². The number of H-pyrrole nitrogens is 1. The number of nitrogens with zero attached hydrogens (tertiary/aromatic N) is 7. The number of ether oxygens (including phenoxy) is 1. The van der Waals surface area contributed by atoms with E-state index in [9.17, 15) is 4.39 Å². The fraction of sp³-hybridized carbons (Fsp3) is 0.269. The number of halogens is 1. The molecule has 0 aliphatic carbocycles. The first-order valence-electron chi connectivity index (χ1n) is 11.8. The van der Waals surface area contributed by atoms with Crippen LogP contribution < -0.4 is 4.90 Å². The molecule has 182 valence electrons. The Balaban J connectivity index is 1.57. The van der Waals surface area contributed by atoms with Gasteiger partial charge in [0.1, 0.15) is 11.6 Å². The molecule has 5 aromatic rings. The van der Waals surface area contributed by atoms with Crippen molar-refractivity contribution < 1.29 is 9.13 Å². The Bertz CT molecular complexity index is 1560. The molecule has 36 heavy (non-hydrogen) atoms. The van der Waals surface area contributed by atoms with Crippen LogP contribution in [0.25, 0.3) is 39.4 Å². The minimum atomic E-state index is -0.349. The first-order valence-corrected chi connectivity index (χ1v) is 11.8. The highest BCUT2D eigenvalue weighted by molar-refractivity contribution is 5.94. The molecule has 0 unspecified atom stereocenters. The van der Waals surface area contributed by atoms with Crippen LogP contribution in [0.5, 0.6) is 0 Å². The standard InChI is InChI=1S/C26H25FN8O/c1-15-14-36-10-9-34(15)24-13-22(25-16(2)33-35(17(25)3)23-5-4-7-29-32-23)30-26(31-24)20-11-18(27)12-21-19(20)6-8-28-21/h4-8,11-13,15,28H,9-10,14H2,1-3H3/t15-/m1/s1. The summed E-state index contributed by atoms with van der Waals surface area (Å²) in [7, 11) is 0. The van der Waals surface area contributed by atoms with E-state index < -0.39 is 0 Å². The van der Waals surface area contributed by atoms with Crippen LogP contribution in [0.1, 0.15) is 18.3 Å². The second-order valence-corrected chi connectivity index (χ2v) is 8.98. The molecule has 9 nitrogen and oxygen atoms in total. The third-order valence-electron chi connectivity index (χ3n) is 6.57. The van der Waals surface area contributed by atoms with Gasteiger partial charge >= 0.3 is 0 Å². The van der Waals surface area contributed by atoms with Gasteiger partial charge in [-0.2, -0.15) is 10.2 Å². The summed E-state index contributed by atoms with van der Waals surface area (Å²) in [6.45, 7) is 7.96. The van der Waals surface area contributed by atoms with Crippen LogP contribution >= 0.6 is 0 Å². The summed E-state index contributed by atoms with van der Waals surface area (Å²) in [5.74, 6) is 1.50. The van der Waals surface area contributed by atoms with Crippen LogP contribution in [0.2, 0.25) is 0 Å². The van der Waals surface area contributed by atoms with E-state index in [0.717, 1.165) is 28.2 Å². The molecule has 0 spiro atoms. The summed E-state index contributed by atoms with van der Waals surface area (Å²) < 4.78 is 22.0. The number of aromatic amines is 1. The maximum Gasteiger partial charge on any atom is 0.175 e. The van der Waals surface area contributed by atoms with Crippen LogP contribution in [-0.2, 0) is 4.74 Å². The zero-order valence-electron chi connectivity index (χ0n) is 20.2. The van der Waals surface area contributed by atoms with Crippen molar-refractivity contribution >= 4 is 16.7 Å². The average Bonchev–Trinajstić information content (AvgIpc) is 3.47. The van der Waals surface area contributed by atoms with Gasteiger partial charge in [-0.25, -0.2) is 19.0 Å². The monoisotopic (exact) mass is 484 g/mol. The highest BCUT2D eigenvalue weighted by atomic mass is 19.1. The third-order valence-corrected chi connectivity index (χ3v) is 6.57. The number of benzene rings is 1. The fourth-order valence-corrected chi connectivity index (χ4v) is 4.86. The normalized spacial score (nSPS) is 16.1. The topological polar surface area (TPSA) is 97.6 Å². The Morgan fingerprint density at radius 2 is 2.00 bits per heavy atom. The van der Waals surface area contributed by atoms with E-state index >= 15 is 0 Å². The maximum absolute atomic E-state index is 14.6. The maximum atomic E-state index is 14.6. The van der Waals surface area contributed by atoms with Gasteiger partial charge < -0.3 is 14.6 Å². The van der Waals surface area contributed by atoms with Gasteiger partial charge in [-0.1, -0.05) is 0 Å². The van der Waals surface area contributed by atoms with Gasteiger partial charge in [-0.3, -0.25) is 0 Å². The summed E-state index contributed by atoms with van der Waals surface area (Å²) in [5.41, 5.74) is 4.61. The van der Waals surface area contributed by atoms with Crippen molar-refractivity contribution in [3.63, 3.8) is 0 Å². The molecule has 1 atom stereocenters. The number of rotatable bonds is 4. The van der Waals surface area contributed by atoms with E-state index in [1.807, 2.05) is 38.1 Å². The van der Waals surface area contributed by atoms with Gasteiger partial charge in [0.25, 0.3) is 0 Å². The van der Waals surface area contributed by atoms with Crippen molar-refractivity contribution in [2.75, 3.05) is 24.7 Å². The molecule has 1 N–H and O–H groups in total. The second-order valence-electron chi connectivity index (χ2n) is 8.98. The summed E-state index contributed by atoms with van der Waals surface area (Å²) in [6, 6.07) is 10.7. The first kappa shape index (κ1) is 22.3. The fourth-order valence-electron chi connectivity index (χ4n) is 4.86. The quantitative estimate of drug-likeness (QED) is 0.407. The zero-order valence-corrected chi connectivity index (χ0v) is 20.2. The van der Waals surface area contributed by atoms with Crippen LogP contribution in [0.3, 0.4) is 0 Å². The van der Waals surface area contributed by atoms with E-state index in [-0.39, 0.29) is 11.9 Å². The first-order chi connectivity index (χ1) is 17.5. The highest BCUT2D eigenvalue weighted by Gasteiger charge is 2.25. The second kappa shape index (κ2) is 8.80. The lowest BCUT2D eigenvalue weighted by atomic mass is 10.1. The number of aryl methyl sites for hydroxylation is 1. The molecule has 1 saturated heterocycles. The van der Waals surface area contributed by atoms with E-state index in [2.05, 4.69) is 27.0 Å². The molecule has 0 amide bonds. The number of hydrogen-bond donors (Lipinski definition) is 1. The minimum Gasteiger partial charge on any atom is -0.377 e. The van der Waals surface area contributed by atoms with Crippen molar-refractivity contribution in [1.29, 1.82) is 0 Å². The molecule has 1 aromatic carbocycles. The molecule has 1 aliphatic rings. The molecule has 4 aromatic heterocycles. The highest BCUT2D eigenvalue weighted by Crippen LogP contribution is 2.34. The zero-order chi connectivity index (χ0) is 24.8. The summed E-state index contributed by atoms with van der Waals surface area (Å²) in [4.78, 5) is 15.2. The number of anilines is 1. The Morgan fingerprint density at radius 1 is 1.11 bits per heavy atom. The molecular weight excluding hydrogens is 459 g/mol. The molecule has 0 radical (unpaired) electrons. The Hall–Kier alpha value is -4.18. The van der Waals surface area contributed by atoms with Crippen molar-refractivity contribution in [3.8, 4) is 28.5 Å². The number of aromatic nitrogens is 7. The van der Waals surface area contributed by atoms with Crippen LogP contribution in [0, 0.1) is 19.7 Å². The SMILES string of the molecule is Cc1nn(-c2cccnn2)c(C)c1-c1cc(N2CCOC[C@H]2C)nc(-c2cc(F)cc3[nH]ccc23)n1. The predicted molar refractivity (Wildman–Crippen MR) is 135 cm³/mol. The molecule has 0 saturated carbocycles. The largest absolute Gasteiger partial charge is 0.377 e. The number of hydrogen-bond acceptors (Lipinski definition) is 7. The lowest BCUT2D eigenvalue weighted by molar-refractivity contribution is 0.0985. The number of nitrogens with one attached hydrogen (secondary N) is 1. The molecular formula is C26H25FN8O. The van der Waals surface area contributed by atoms with Gasteiger partial charge in [0.05, 0.1) is 36.3 Å². The molecule has 6 rings (SSSR count). The molecule has 0 bridgehead atoms. The van der Waals surface area contributed by atoms with Gasteiger partial charge in [0, 0.05) is 47.0 Å². The third kappa shape index (κ3) is 3.79. The molecule has 1 fully saturated rings. The van der Waals surface area contributed by atoms with Crippen molar-refractivity contribution in [2.24, 2.45) is 0 Å². The van der Waals surface area contributed by atoms with Crippen molar-refractivity contribution in [2.45, 2.75) is 26.8 Å². The lowest BCUT2D eigenvalue weighted by Gasteiger charge is -2.34. The molecule has 1 aliphatic heterocycles. The summed E-state index contributed by atoms with van der Waals surface area (Å²) in [6.07, 6.45) is 3.42. The van der Waals surface area contributed by atoms with Gasteiger partial charge in [-0.05, 0) is 51.1 Å². The summed E-state index contributed by atoms with van der Waals surface area (Å²) in [5, 5.41) is 13.8. The Morgan fingerprint density at radius 3 is 2.81 bits per heavy atom. The lowest BCUT2D eigenvalue weighted by Crippen LogP contribution is -2.44. The van der Waals surface area contributed by atoms with Crippen LogP contribution in [-0.4, -0.2) is 60.7 Å². The van der Waals surface area contributed by atoms with Crippen molar-refractivity contribution in [1.82, 2.24) is 34.9 Å². The van der Waals surface area contributed by atoms with E-state index in [4.69, 9.17) is 19.8 Å². The Labute approximate surface area is 207 Å². The van der Waals surface area contributed by atoms with Crippen LogP contribution in [0.4, 0.5) is 10.2 Å². The summed E-state index contributed by atoms with van der Waals surface area (Å²) >= 11 is 0.